The Balaban J connectivity index is 1.95. The summed E-state index contributed by atoms with van der Waals surface area (Å²) in [5.41, 5.74) is -0.637. The zero-order valence-corrected chi connectivity index (χ0v) is 25.9. The smallest absolute Gasteiger partial charge is 0.308 e. The topological polar surface area (TPSA) is 135 Å². The number of hydrogen-bond acceptors (Lipinski definition) is 10. The largest absolute Gasteiger partial charge is 0.462 e. The number of cyclic esters (lactones) is 1. The number of aliphatic hydroxyl groups is 2. The fourth-order valence-electron chi connectivity index (χ4n) is 6.50. The highest BCUT2D eigenvalue weighted by Gasteiger charge is 2.55. The number of aliphatic hydroxyl groups excluding tert-OH is 2. The van der Waals surface area contributed by atoms with Crippen molar-refractivity contribution < 1.29 is 43.5 Å². The number of aldehydes is 1. The molecule has 234 valence electrons. The minimum Gasteiger partial charge on any atom is -0.462 e. The molecule has 0 unspecified atom stereocenters. The van der Waals surface area contributed by atoms with Crippen molar-refractivity contribution in [1.82, 2.24) is 4.90 Å². The number of ketones is 1. The van der Waals surface area contributed by atoms with E-state index in [1.54, 1.807) is 19.1 Å². The van der Waals surface area contributed by atoms with E-state index in [4.69, 9.17) is 18.9 Å². The summed E-state index contributed by atoms with van der Waals surface area (Å²) < 4.78 is 24.2. The van der Waals surface area contributed by atoms with Gasteiger partial charge in [-0.25, -0.2) is 0 Å². The Labute approximate surface area is 244 Å². The van der Waals surface area contributed by atoms with Gasteiger partial charge < -0.3 is 38.9 Å². The summed E-state index contributed by atoms with van der Waals surface area (Å²) >= 11 is 0. The second-order valence-corrected chi connectivity index (χ2v) is 12.9. The molecule has 0 spiro atoms. The van der Waals surface area contributed by atoms with Crippen LogP contribution >= 0.6 is 0 Å². The molecule has 2 N–H and O–H groups in total. The van der Waals surface area contributed by atoms with E-state index in [2.05, 4.69) is 0 Å². The summed E-state index contributed by atoms with van der Waals surface area (Å²) in [5.74, 6) is -2.32. The van der Waals surface area contributed by atoms with Gasteiger partial charge in [-0.3, -0.25) is 9.59 Å². The summed E-state index contributed by atoms with van der Waals surface area (Å²) in [5, 5.41) is 22.4. The lowest BCUT2D eigenvalue weighted by Crippen LogP contribution is -2.56. The molecule has 0 radical (unpaired) electrons. The minimum atomic E-state index is -1.15. The Bertz CT molecular complexity index is 941. The van der Waals surface area contributed by atoms with Crippen LogP contribution in [0.4, 0.5) is 0 Å². The molecule has 2 fully saturated rings. The van der Waals surface area contributed by atoms with E-state index < -0.39 is 60.0 Å². The number of carbonyl (C=O) groups excluding carboxylic acids is 3. The van der Waals surface area contributed by atoms with Crippen LogP contribution in [0.15, 0.2) is 12.2 Å². The highest BCUT2D eigenvalue weighted by Crippen LogP contribution is 2.45. The molecule has 10 heteroatoms. The van der Waals surface area contributed by atoms with Gasteiger partial charge in [0.25, 0.3) is 0 Å². The third-order valence-electron chi connectivity index (χ3n) is 9.29. The van der Waals surface area contributed by atoms with E-state index in [-0.39, 0.29) is 42.8 Å². The maximum absolute atomic E-state index is 13.2. The first-order valence-corrected chi connectivity index (χ1v) is 15.1. The number of epoxide rings is 1. The lowest BCUT2D eigenvalue weighted by Gasteiger charge is -2.44. The van der Waals surface area contributed by atoms with Gasteiger partial charge in [0.1, 0.15) is 24.1 Å². The third kappa shape index (κ3) is 8.24. The number of likely N-dealkylation sites (N-methyl/N-ethyl adjacent to an activating group) is 1. The Hall–Kier alpha value is -1.69. The minimum absolute atomic E-state index is 0.0707. The predicted molar refractivity (Wildman–Crippen MR) is 152 cm³/mol. The lowest BCUT2D eigenvalue weighted by molar-refractivity contribution is -0.283. The molecule has 13 atom stereocenters. The fraction of sp³-hybridized carbons (Fsp3) is 0.839. The molecule has 3 rings (SSSR count). The van der Waals surface area contributed by atoms with Gasteiger partial charge in [-0.2, -0.15) is 0 Å². The van der Waals surface area contributed by atoms with Crippen LogP contribution in [0.1, 0.15) is 73.6 Å². The summed E-state index contributed by atoms with van der Waals surface area (Å²) in [6, 6.07) is -0.219. The molecule has 3 aliphatic rings. The standard InChI is InChI=1S/C31H51NO9/c1-9-25-20(5)29-31(6,41-29)12-10-23(34)17(2)14-21(11-13-33)28(19(4)24(35)16-26(36)39-25)40-30-27(37)22(32(7)8)15-18(3)38-30/h10,12-13,17-22,24-25,27-30,35,37H,9,11,14-16H2,1-8H3/b12-10-/t17-,18-,19+,20-,21+,22+,24-,25-,27-,28-,29+,30+,31+/m1/s1. The summed E-state index contributed by atoms with van der Waals surface area (Å²) in [6.07, 6.45) is 0.627. The van der Waals surface area contributed by atoms with Crippen molar-refractivity contribution in [3.8, 4) is 0 Å². The van der Waals surface area contributed by atoms with Crippen molar-refractivity contribution in [1.29, 1.82) is 0 Å². The summed E-state index contributed by atoms with van der Waals surface area (Å²) in [6.45, 7) is 11.3. The first-order chi connectivity index (χ1) is 19.2. The molecule has 0 bridgehead atoms. The molecule has 0 aromatic heterocycles. The number of carbonyl (C=O) groups is 3. The number of rotatable bonds is 6. The fourth-order valence-corrected chi connectivity index (χ4v) is 6.50. The molecule has 0 aromatic rings. The highest BCUT2D eigenvalue weighted by molar-refractivity contribution is 5.91. The molecular formula is C31H51NO9. The van der Waals surface area contributed by atoms with Gasteiger partial charge in [-0.1, -0.05) is 27.7 Å². The van der Waals surface area contributed by atoms with Crippen LogP contribution in [0.25, 0.3) is 0 Å². The first-order valence-electron chi connectivity index (χ1n) is 15.1. The van der Waals surface area contributed by atoms with E-state index in [0.29, 0.717) is 19.3 Å². The Morgan fingerprint density at radius 3 is 2.41 bits per heavy atom. The van der Waals surface area contributed by atoms with Gasteiger partial charge in [0.15, 0.2) is 12.1 Å². The van der Waals surface area contributed by atoms with Crippen LogP contribution in [0.2, 0.25) is 0 Å². The van der Waals surface area contributed by atoms with E-state index in [1.165, 1.54) is 0 Å². The van der Waals surface area contributed by atoms with E-state index >= 15 is 0 Å². The number of nitrogens with zero attached hydrogens (tertiary/aromatic N) is 1. The zero-order chi connectivity index (χ0) is 30.6. The van der Waals surface area contributed by atoms with Crippen molar-refractivity contribution in [2.75, 3.05) is 14.1 Å². The maximum atomic E-state index is 13.2. The van der Waals surface area contributed by atoms with E-state index in [0.717, 1.165) is 6.29 Å². The normalized spacial score (nSPS) is 45.5. The van der Waals surface area contributed by atoms with Crippen molar-refractivity contribution in [2.24, 2.45) is 23.7 Å². The van der Waals surface area contributed by atoms with Crippen molar-refractivity contribution in [3.05, 3.63) is 12.2 Å². The molecule has 41 heavy (non-hydrogen) atoms. The number of allylic oxidation sites excluding steroid dienone is 1. The second-order valence-electron chi connectivity index (χ2n) is 12.9. The number of fused-ring (bicyclic) bond motifs is 1. The Morgan fingerprint density at radius 1 is 1.12 bits per heavy atom. The summed E-state index contributed by atoms with van der Waals surface area (Å²) in [7, 11) is 3.76. The third-order valence-corrected chi connectivity index (χ3v) is 9.29. The van der Waals surface area contributed by atoms with Gasteiger partial charge in [-0.05, 0) is 65.3 Å². The van der Waals surface area contributed by atoms with Crippen molar-refractivity contribution in [3.63, 3.8) is 0 Å². The van der Waals surface area contributed by atoms with Gasteiger partial charge in [0.05, 0.1) is 30.8 Å². The molecule has 10 nitrogen and oxygen atoms in total. The van der Waals surface area contributed by atoms with Crippen molar-refractivity contribution >= 4 is 18.0 Å². The Morgan fingerprint density at radius 2 is 1.80 bits per heavy atom. The van der Waals surface area contributed by atoms with Crippen LogP contribution in [-0.2, 0) is 33.3 Å². The van der Waals surface area contributed by atoms with E-state index in [1.807, 2.05) is 53.6 Å². The van der Waals surface area contributed by atoms with Crippen LogP contribution < -0.4 is 0 Å². The average molecular weight is 582 g/mol. The molecule has 0 saturated carbocycles. The number of esters is 1. The second kappa shape index (κ2) is 14.2. The van der Waals surface area contributed by atoms with Crippen molar-refractivity contribution in [2.45, 2.75) is 128 Å². The first kappa shape index (κ1) is 33.8. The van der Waals surface area contributed by atoms with E-state index in [9.17, 15) is 24.6 Å². The molecule has 0 amide bonds. The monoisotopic (exact) mass is 581 g/mol. The molecule has 0 aromatic carbocycles. The molecule has 0 aliphatic carbocycles. The number of hydrogen-bond donors (Lipinski definition) is 2. The van der Waals surface area contributed by atoms with Crippen LogP contribution in [0.5, 0.6) is 0 Å². The average Bonchev–Trinajstić information content (AvgIpc) is 3.60. The highest BCUT2D eigenvalue weighted by atomic mass is 16.7. The number of ether oxygens (including phenoxy) is 4. The van der Waals surface area contributed by atoms with Crippen LogP contribution in [0.3, 0.4) is 0 Å². The van der Waals surface area contributed by atoms with Gasteiger partial charge >= 0.3 is 5.97 Å². The van der Waals surface area contributed by atoms with Crippen LogP contribution in [0, 0.1) is 23.7 Å². The Kier molecular flexibility index (Phi) is 11.7. The molecular weight excluding hydrogens is 530 g/mol. The molecule has 2 saturated heterocycles. The molecule has 3 aliphatic heterocycles. The quantitative estimate of drug-likeness (QED) is 0.274. The van der Waals surface area contributed by atoms with Gasteiger partial charge in [-0.15, -0.1) is 0 Å². The van der Waals surface area contributed by atoms with Gasteiger partial charge in [0.2, 0.25) is 0 Å². The summed E-state index contributed by atoms with van der Waals surface area (Å²) in [4.78, 5) is 40.0. The molecule has 3 heterocycles. The lowest BCUT2D eigenvalue weighted by atomic mass is 9.79. The zero-order valence-electron chi connectivity index (χ0n) is 25.9. The SMILES string of the molecule is CC[C@H]1OC(=O)C[C@@H](O)[C@H](C)[C@@H](O[C@@H]2O[C@H](C)C[C@H](N(C)C)[C@H]2O)[C@@H](CC=O)C[C@@H](C)C(=O)/C=C\[C@]2(C)O[C@H]2[C@@H]1C. The maximum Gasteiger partial charge on any atom is 0.308 e. The predicted octanol–water partition coefficient (Wildman–Crippen LogP) is 2.67. The van der Waals surface area contributed by atoms with Gasteiger partial charge in [0, 0.05) is 30.2 Å². The van der Waals surface area contributed by atoms with Crippen LogP contribution in [-0.4, -0.2) is 102 Å².